The van der Waals surface area contributed by atoms with Crippen molar-refractivity contribution in [3.63, 3.8) is 0 Å². The van der Waals surface area contributed by atoms with Gasteiger partial charge in [0.05, 0.1) is 19.9 Å². The molecule has 0 atom stereocenters. The molecule has 2 aromatic heterocycles. The molecule has 0 unspecified atom stereocenters. The fraction of sp³-hybridized carbons (Fsp3) is 0.458. The third kappa shape index (κ3) is 4.54. The Bertz CT molecular complexity index is 1140. The molecule has 3 aromatic rings. The van der Waals surface area contributed by atoms with E-state index in [1.807, 2.05) is 4.90 Å². The van der Waals surface area contributed by atoms with Crippen LogP contribution in [0.15, 0.2) is 30.5 Å². The van der Waals surface area contributed by atoms with Gasteiger partial charge in [-0.2, -0.15) is 5.10 Å². The smallest absolute Gasteiger partial charge is 0.212 e. The van der Waals surface area contributed by atoms with Crippen molar-refractivity contribution in [2.24, 2.45) is 11.3 Å². The summed E-state index contributed by atoms with van der Waals surface area (Å²) in [6, 6.07) is 5.57. The van der Waals surface area contributed by atoms with Crippen molar-refractivity contribution in [1.29, 1.82) is 0 Å². The molecular formula is C24H28F3N5O. The van der Waals surface area contributed by atoms with Crippen LogP contribution in [-0.2, 0) is 6.54 Å². The van der Waals surface area contributed by atoms with Crippen LogP contribution in [0.5, 0.6) is 5.88 Å². The molecule has 6 nitrogen and oxygen atoms in total. The molecule has 9 heteroatoms. The second-order valence-electron chi connectivity index (χ2n) is 9.10. The van der Waals surface area contributed by atoms with Crippen LogP contribution in [0.3, 0.4) is 0 Å². The van der Waals surface area contributed by atoms with Gasteiger partial charge in [0.2, 0.25) is 5.88 Å². The second kappa shape index (κ2) is 9.03. The number of halogens is 3. The summed E-state index contributed by atoms with van der Waals surface area (Å²) >= 11 is 0. The molecule has 1 aromatic carbocycles. The molecule has 4 rings (SSSR count). The molecular weight excluding hydrogens is 431 g/mol. The van der Waals surface area contributed by atoms with E-state index in [4.69, 9.17) is 4.74 Å². The van der Waals surface area contributed by atoms with E-state index in [1.165, 1.54) is 23.9 Å². The molecule has 1 saturated heterocycles. The number of nitrogens with zero attached hydrogens (tertiary/aromatic N) is 5. The molecule has 0 radical (unpaired) electrons. The number of rotatable bonds is 6. The van der Waals surface area contributed by atoms with Crippen molar-refractivity contribution in [2.75, 3.05) is 25.1 Å². The second-order valence-corrected chi connectivity index (χ2v) is 9.10. The van der Waals surface area contributed by atoms with Crippen LogP contribution in [0, 0.1) is 28.8 Å². The molecule has 1 aliphatic heterocycles. The van der Waals surface area contributed by atoms with Gasteiger partial charge in [-0.3, -0.25) is 0 Å². The Morgan fingerprint density at radius 1 is 1.12 bits per heavy atom. The molecule has 176 valence electrons. The van der Waals surface area contributed by atoms with E-state index in [0.29, 0.717) is 30.6 Å². The third-order valence-electron chi connectivity index (χ3n) is 6.86. The lowest BCUT2D eigenvalue weighted by Crippen LogP contribution is -2.41. The van der Waals surface area contributed by atoms with Crippen LogP contribution in [0.4, 0.5) is 19.0 Å². The summed E-state index contributed by atoms with van der Waals surface area (Å²) in [5, 5.41) is 4.42. The Kier molecular flexibility index (Phi) is 6.32. The average Bonchev–Trinajstić information content (AvgIpc) is 3.21. The van der Waals surface area contributed by atoms with Crippen LogP contribution in [0.1, 0.15) is 39.2 Å². The van der Waals surface area contributed by atoms with Gasteiger partial charge in [-0.1, -0.05) is 32.9 Å². The van der Waals surface area contributed by atoms with E-state index in [-0.39, 0.29) is 29.2 Å². The van der Waals surface area contributed by atoms with Crippen LogP contribution in [0.25, 0.3) is 11.5 Å². The fourth-order valence-electron chi connectivity index (χ4n) is 4.13. The van der Waals surface area contributed by atoms with E-state index in [2.05, 4.69) is 35.8 Å². The predicted molar refractivity (Wildman–Crippen MR) is 120 cm³/mol. The zero-order valence-corrected chi connectivity index (χ0v) is 19.3. The van der Waals surface area contributed by atoms with Gasteiger partial charge in [0.15, 0.2) is 29.1 Å². The van der Waals surface area contributed by atoms with E-state index < -0.39 is 17.5 Å². The normalized spacial score (nSPS) is 15.8. The van der Waals surface area contributed by atoms with Crippen molar-refractivity contribution >= 4 is 5.82 Å². The highest BCUT2D eigenvalue weighted by Gasteiger charge is 2.34. The summed E-state index contributed by atoms with van der Waals surface area (Å²) in [7, 11) is 1.45. The van der Waals surface area contributed by atoms with Gasteiger partial charge in [0.25, 0.3) is 0 Å². The first-order chi connectivity index (χ1) is 15.7. The van der Waals surface area contributed by atoms with Gasteiger partial charge in [0.1, 0.15) is 5.69 Å². The Morgan fingerprint density at radius 2 is 1.85 bits per heavy atom. The first-order valence-corrected chi connectivity index (χ1v) is 11.0. The molecule has 0 N–H and O–H groups in total. The largest absolute Gasteiger partial charge is 0.481 e. The molecule has 0 aliphatic carbocycles. The lowest BCUT2D eigenvalue weighted by Gasteiger charge is -2.42. The van der Waals surface area contributed by atoms with Crippen LogP contribution in [-0.4, -0.2) is 39.9 Å². The Labute approximate surface area is 191 Å². The zero-order valence-electron chi connectivity index (χ0n) is 19.3. The highest BCUT2D eigenvalue weighted by Crippen LogP contribution is 2.39. The minimum Gasteiger partial charge on any atom is -0.481 e. The number of methoxy groups -OCH3 is 1. The monoisotopic (exact) mass is 459 g/mol. The molecule has 33 heavy (non-hydrogen) atoms. The average molecular weight is 460 g/mol. The number of piperidine rings is 1. The van der Waals surface area contributed by atoms with Gasteiger partial charge >= 0.3 is 0 Å². The third-order valence-corrected chi connectivity index (χ3v) is 6.86. The molecule has 0 amide bonds. The predicted octanol–water partition coefficient (Wildman–Crippen LogP) is 5.08. The highest BCUT2D eigenvalue weighted by molar-refractivity contribution is 5.55. The summed E-state index contributed by atoms with van der Waals surface area (Å²) in [5.41, 5.74) is 0.709. The lowest BCUT2D eigenvalue weighted by atomic mass is 9.72. The molecule has 0 spiro atoms. The number of aromatic nitrogens is 4. The van der Waals surface area contributed by atoms with Crippen molar-refractivity contribution < 1.29 is 17.9 Å². The van der Waals surface area contributed by atoms with Gasteiger partial charge in [-0.05, 0) is 30.2 Å². The number of hydrogen-bond donors (Lipinski definition) is 0. The highest BCUT2D eigenvalue weighted by atomic mass is 19.2. The maximum atomic E-state index is 14.6. The fourth-order valence-corrected chi connectivity index (χ4v) is 4.13. The molecule has 1 aliphatic rings. The topological polar surface area (TPSA) is 56.1 Å². The maximum Gasteiger partial charge on any atom is 0.212 e. The van der Waals surface area contributed by atoms with Gasteiger partial charge in [-0.15, -0.1) is 0 Å². The first kappa shape index (κ1) is 23.1. The van der Waals surface area contributed by atoms with Gasteiger partial charge in [0, 0.05) is 24.7 Å². The summed E-state index contributed by atoms with van der Waals surface area (Å²) < 4.78 is 49.1. The minimum atomic E-state index is -0.935. The van der Waals surface area contributed by atoms with Crippen molar-refractivity contribution in [1.82, 2.24) is 19.7 Å². The quantitative estimate of drug-likeness (QED) is 0.515. The lowest BCUT2D eigenvalue weighted by molar-refractivity contribution is 0.165. The Hall–Kier alpha value is -3.10. The summed E-state index contributed by atoms with van der Waals surface area (Å²) in [5.74, 6) is -0.995. The van der Waals surface area contributed by atoms with Gasteiger partial charge < -0.3 is 9.64 Å². The molecule has 1 fully saturated rings. The van der Waals surface area contributed by atoms with Gasteiger partial charge in [-0.25, -0.2) is 27.8 Å². The number of anilines is 1. The van der Waals surface area contributed by atoms with E-state index in [9.17, 15) is 13.2 Å². The SMILES string of the molecule is COc1cc(-c2ncc(F)c(N3CCC(C)(C(C)C)CC3)n2)nn1Cc1cccc(F)c1F. The minimum absolute atomic E-state index is 0.0409. The van der Waals surface area contributed by atoms with E-state index >= 15 is 0 Å². The number of benzene rings is 1. The van der Waals surface area contributed by atoms with E-state index in [0.717, 1.165) is 25.1 Å². The molecule has 3 heterocycles. The zero-order chi connectivity index (χ0) is 23.8. The van der Waals surface area contributed by atoms with Crippen LogP contribution >= 0.6 is 0 Å². The van der Waals surface area contributed by atoms with Crippen molar-refractivity contribution in [3.8, 4) is 17.4 Å². The molecule has 0 saturated carbocycles. The first-order valence-electron chi connectivity index (χ1n) is 11.0. The van der Waals surface area contributed by atoms with Crippen LogP contribution < -0.4 is 9.64 Å². The standard InChI is InChI=1S/C24H28F3N5O/c1-15(2)24(3)8-10-31(11-9-24)23-18(26)13-28-22(29-23)19-12-20(33-4)32(30-19)14-16-6-5-7-17(25)21(16)27/h5-7,12-13,15H,8-11,14H2,1-4H3. The number of hydrogen-bond acceptors (Lipinski definition) is 5. The number of ether oxygens (including phenoxy) is 1. The summed E-state index contributed by atoms with van der Waals surface area (Å²) in [6.07, 6.45) is 3.04. The van der Waals surface area contributed by atoms with Crippen LogP contribution in [0.2, 0.25) is 0 Å². The maximum absolute atomic E-state index is 14.6. The molecule has 0 bridgehead atoms. The Balaban J connectivity index is 1.61. The van der Waals surface area contributed by atoms with Crippen molar-refractivity contribution in [2.45, 2.75) is 40.2 Å². The summed E-state index contributed by atoms with van der Waals surface area (Å²) in [4.78, 5) is 10.5. The van der Waals surface area contributed by atoms with Crippen molar-refractivity contribution in [3.05, 3.63) is 53.5 Å². The summed E-state index contributed by atoms with van der Waals surface area (Å²) in [6.45, 7) is 8.09. The Morgan fingerprint density at radius 3 is 2.52 bits per heavy atom. The van der Waals surface area contributed by atoms with E-state index in [1.54, 1.807) is 6.07 Å².